The van der Waals surface area contributed by atoms with E-state index in [0.29, 0.717) is 49.6 Å². The molecular weight excluding hydrogens is 445 g/mol. The first-order valence-electron chi connectivity index (χ1n) is 10.6. The van der Waals surface area contributed by atoms with E-state index in [1.165, 1.54) is 23.9 Å². The van der Waals surface area contributed by atoms with Gasteiger partial charge in [0.05, 0.1) is 31.8 Å². The van der Waals surface area contributed by atoms with E-state index in [-0.39, 0.29) is 17.5 Å². The average Bonchev–Trinajstić information content (AvgIpc) is 3.27. The fraction of sp³-hybridized carbons (Fsp3) is 0.348. The molecule has 174 valence electrons. The Morgan fingerprint density at radius 2 is 1.97 bits per heavy atom. The monoisotopic (exact) mass is 471 g/mol. The van der Waals surface area contributed by atoms with Gasteiger partial charge in [-0.2, -0.15) is 0 Å². The number of carbonyl (C=O) groups excluding carboxylic acids is 1. The van der Waals surface area contributed by atoms with Crippen LogP contribution in [-0.2, 0) is 16.1 Å². The lowest BCUT2D eigenvalue weighted by atomic mass is 10.2. The minimum Gasteiger partial charge on any atom is -0.496 e. The molecule has 33 heavy (non-hydrogen) atoms. The highest BCUT2D eigenvalue weighted by Crippen LogP contribution is 2.28. The molecule has 1 saturated heterocycles. The van der Waals surface area contributed by atoms with Crippen molar-refractivity contribution in [2.45, 2.75) is 11.7 Å². The summed E-state index contributed by atoms with van der Waals surface area (Å²) >= 11 is 1.28. The smallest absolute Gasteiger partial charge is 0.233 e. The van der Waals surface area contributed by atoms with Crippen molar-refractivity contribution in [3.63, 3.8) is 0 Å². The topological polar surface area (TPSA) is 72.7 Å². The fourth-order valence-corrected chi connectivity index (χ4v) is 4.47. The van der Waals surface area contributed by atoms with Gasteiger partial charge in [0.25, 0.3) is 0 Å². The number of nitrogens with zero attached hydrogens (tertiary/aromatic N) is 5. The van der Waals surface area contributed by atoms with Gasteiger partial charge in [-0.25, -0.2) is 4.39 Å². The maximum absolute atomic E-state index is 14.0. The molecule has 8 nitrogen and oxygen atoms in total. The number of ether oxygens (including phenoxy) is 2. The van der Waals surface area contributed by atoms with E-state index in [2.05, 4.69) is 15.1 Å². The number of rotatable bonds is 8. The fourth-order valence-electron chi connectivity index (χ4n) is 3.58. The third kappa shape index (κ3) is 5.45. The molecule has 2 heterocycles. The number of hydrogen-bond donors (Lipinski definition) is 0. The Hall–Kier alpha value is -3.11. The number of methoxy groups -OCH3 is 1. The van der Waals surface area contributed by atoms with E-state index in [1.807, 2.05) is 24.3 Å². The van der Waals surface area contributed by atoms with Gasteiger partial charge in [0.15, 0.2) is 5.16 Å². The minimum atomic E-state index is -0.349. The lowest BCUT2D eigenvalue weighted by molar-refractivity contribution is -0.127. The summed E-state index contributed by atoms with van der Waals surface area (Å²) in [6.07, 6.45) is 0. The molecule has 1 aliphatic heterocycles. The molecule has 1 fully saturated rings. The molecule has 0 radical (unpaired) electrons. The molecule has 1 aromatic heterocycles. The minimum absolute atomic E-state index is 0.0624. The van der Waals surface area contributed by atoms with Crippen molar-refractivity contribution in [3.8, 4) is 11.4 Å². The molecule has 1 aliphatic rings. The van der Waals surface area contributed by atoms with Crippen LogP contribution in [0, 0.1) is 5.82 Å². The molecule has 0 atom stereocenters. The SMILES string of the molecule is COc1ccccc1CN(C)C(=O)CSc1nnc(N2CCOCC2)n1-c1cccc(F)c1. The van der Waals surface area contributed by atoms with Gasteiger partial charge < -0.3 is 19.3 Å². The van der Waals surface area contributed by atoms with Gasteiger partial charge in [0.1, 0.15) is 11.6 Å². The predicted molar refractivity (Wildman–Crippen MR) is 125 cm³/mol. The quantitative estimate of drug-likeness (QED) is 0.468. The Morgan fingerprint density at radius 3 is 2.73 bits per heavy atom. The molecular formula is C23H26FN5O3S. The van der Waals surface area contributed by atoms with Gasteiger partial charge in [-0.15, -0.1) is 10.2 Å². The molecule has 1 amide bonds. The van der Waals surface area contributed by atoms with E-state index in [9.17, 15) is 9.18 Å². The summed E-state index contributed by atoms with van der Waals surface area (Å²) in [4.78, 5) is 16.6. The first-order chi connectivity index (χ1) is 16.1. The van der Waals surface area contributed by atoms with Crippen molar-refractivity contribution < 1.29 is 18.7 Å². The van der Waals surface area contributed by atoms with Crippen molar-refractivity contribution >= 4 is 23.6 Å². The summed E-state index contributed by atoms with van der Waals surface area (Å²) < 4.78 is 26.6. The van der Waals surface area contributed by atoms with Crippen molar-refractivity contribution in [1.82, 2.24) is 19.7 Å². The molecule has 4 rings (SSSR count). The number of morpholine rings is 1. The van der Waals surface area contributed by atoms with Crippen LogP contribution in [0.2, 0.25) is 0 Å². The number of carbonyl (C=O) groups is 1. The highest BCUT2D eigenvalue weighted by Gasteiger charge is 2.23. The largest absolute Gasteiger partial charge is 0.496 e. The van der Waals surface area contributed by atoms with Crippen LogP contribution in [0.25, 0.3) is 5.69 Å². The van der Waals surface area contributed by atoms with E-state index in [1.54, 1.807) is 35.8 Å². The Bertz CT molecular complexity index is 1100. The maximum Gasteiger partial charge on any atom is 0.233 e. The zero-order valence-corrected chi connectivity index (χ0v) is 19.4. The van der Waals surface area contributed by atoms with Crippen molar-refractivity contribution in [2.75, 3.05) is 51.1 Å². The lowest BCUT2D eigenvalue weighted by Gasteiger charge is -2.28. The zero-order chi connectivity index (χ0) is 23.2. The standard InChI is InChI=1S/C23H26FN5O3S/c1-27(15-17-6-3-4-9-20(17)31-2)21(30)16-33-23-26-25-22(28-10-12-32-13-11-28)29(23)19-8-5-7-18(24)14-19/h3-9,14H,10-13,15-16H2,1-2H3. The van der Waals surface area contributed by atoms with Crippen LogP contribution in [0.4, 0.5) is 10.3 Å². The number of thioether (sulfide) groups is 1. The second-order valence-corrected chi connectivity index (χ2v) is 8.49. The van der Waals surface area contributed by atoms with Crippen LogP contribution in [0.1, 0.15) is 5.56 Å². The summed E-state index contributed by atoms with van der Waals surface area (Å²) in [7, 11) is 3.37. The zero-order valence-electron chi connectivity index (χ0n) is 18.6. The number of para-hydroxylation sites is 1. The van der Waals surface area contributed by atoms with Crippen molar-refractivity contribution in [3.05, 3.63) is 59.9 Å². The summed E-state index contributed by atoms with van der Waals surface area (Å²) in [6.45, 7) is 2.94. The van der Waals surface area contributed by atoms with Crippen molar-refractivity contribution in [2.24, 2.45) is 0 Å². The Labute approximate surface area is 196 Å². The van der Waals surface area contributed by atoms with Crippen LogP contribution in [0.15, 0.2) is 53.7 Å². The number of amides is 1. The molecule has 10 heteroatoms. The number of anilines is 1. The molecule has 0 aliphatic carbocycles. The molecule has 0 spiro atoms. The van der Waals surface area contributed by atoms with Gasteiger partial charge in [-0.3, -0.25) is 9.36 Å². The molecule has 0 unspecified atom stereocenters. The van der Waals surface area contributed by atoms with Gasteiger partial charge >= 0.3 is 0 Å². The van der Waals surface area contributed by atoms with Gasteiger partial charge in [-0.1, -0.05) is 36.0 Å². The van der Waals surface area contributed by atoms with E-state index >= 15 is 0 Å². The van der Waals surface area contributed by atoms with Crippen LogP contribution in [0.3, 0.4) is 0 Å². The summed E-state index contributed by atoms with van der Waals surface area (Å²) in [5.74, 6) is 1.11. The molecule has 0 N–H and O–H groups in total. The summed E-state index contributed by atoms with van der Waals surface area (Å²) in [6, 6.07) is 13.9. The molecule has 2 aromatic carbocycles. The highest BCUT2D eigenvalue weighted by atomic mass is 32.2. The molecule has 0 saturated carbocycles. The third-order valence-corrected chi connectivity index (χ3v) is 6.24. The van der Waals surface area contributed by atoms with Gasteiger partial charge in [0.2, 0.25) is 11.9 Å². The first-order valence-corrected chi connectivity index (χ1v) is 11.6. The van der Waals surface area contributed by atoms with Crippen LogP contribution in [-0.4, -0.2) is 71.8 Å². The number of aromatic nitrogens is 3. The van der Waals surface area contributed by atoms with E-state index in [0.717, 1.165) is 11.3 Å². The summed E-state index contributed by atoms with van der Waals surface area (Å²) in [5.41, 5.74) is 1.54. The molecule has 0 bridgehead atoms. The number of hydrogen-bond acceptors (Lipinski definition) is 7. The Kier molecular flexibility index (Phi) is 7.46. The van der Waals surface area contributed by atoms with Crippen LogP contribution in [0.5, 0.6) is 5.75 Å². The van der Waals surface area contributed by atoms with Gasteiger partial charge in [0, 0.05) is 32.2 Å². The normalized spacial score (nSPS) is 13.7. The van der Waals surface area contributed by atoms with Crippen LogP contribution < -0.4 is 9.64 Å². The van der Waals surface area contributed by atoms with Crippen LogP contribution >= 0.6 is 11.8 Å². The highest BCUT2D eigenvalue weighted by molar-refractivity contribution is 7.99. The second-order valence-electron chi connectivity index (χ2n) is 7.55. The average molecular weight is 472 g/mol. The Balaban J connectivity index is 1.51. The lowest BCUT2D eigenvalue weighted by Crippen LogP contribution is -2.37. The number of benzene rings is 2. The maximum atomic E-state index is 14.0. The second kappa shape index (κ2) is 10.7. The van der Waals surface area contributed by atoms with Gasteiger partial charge in [-0.05, 0) is 24.3 Å². The third-order valence-electron chi connectivity index (χ3n) is 5.33. The first kappa shape index (κ1) is 23.1. The number of halogens is 1. The predicted octanol–water partition coefficient (Wildman–Crippen LogP) is 3.00. The Morgan fingerprint density at radius 1 is 1.18 bits per heavy atom. The summed E-state index contributed by atoms with van der Waals surface area (Å²) in [5, 5.41) is 9.21. The molecule has 3 aromatic rings. The van der Waals surface area contributed by atoms with E-state index < -0.39 is 0 Å². The van der Waals surface area contributed by atoms with E-state index in [4.69, 9.17) is 9.47 Å². The van der Waals surface area contributed by atoms with Crippen molar-refractivity contribution in [1.29, 1.82) is 0 Å².